The predicted molar refractivity (Wildman–Crippen MR) is 78.7 cm³/mol. The Morgan fingerprint density at radius 1 is 1.30 bits per heavy atom. The molecule has 3 aromatic rings. The number of aromatic nitrogens is 2. The van der Waals surface area contributed by atoms with Crippen LogP contribution < -0.4 is 11.1 Å². The zero-order chi connectivity index (χ0) is 14.1. The number of aryl methyl sites for hydroxylation is 1. The fourth-order valence-electron chi connectivity index (χ4n) is 2.05. The fraction of sp³-hybridized carbons (Fsp3) is 0.0667. The molecule has 0 spiro atoms. The third-order valence-corrected chi connectivity index (χ3v) is 3.13. The molecule has 0 saturated heterocycles. The van der Waals surface area contributed by atoms with Crippen molar-refractivity contribution in [3.63, 3.8) is 0 Å². The summed E-state index contributed by atoms with van der Waals surface area (Å²) in [6.07, 6.45) is 5.20. The molecule has 2 heterocycles. The Labute approximate surface area is 116 Å². The first-order chi connectivity index (χ1) is 9.63. The van der Waals surface area contributed by atoms with E-state index in [0.29, 0.717) is 16.9 Å². The van der Waals surface area contributed by atoms with Crippen LogP contribution in [0.5, 0.6) is 0 Å². The van der Waals surface area contributed by atoms with Crippen molar-refractivity contribution in [2.75, 3.05) is 11.1 Å². The van der Waals surface area contributed by atoms with Gasteiger partial charge in [-0.15, -0.1) is 0 Å². The highest BCUT2D eigenvalue weighted by atomic mass is 16.1. The van der Waals surface area contributed by atoms with Gasteiger partial charge in [0.15, 0.2) is 0 Å². The maximum Gasteiger partial charge on any atom is 0.255 e. The number of nitrogens with two attached hydrogens (primary N) is 1. The summed E-state index contributed by atoms with van der Waals surface area (Å²) in [5.41, 5.74) is 9.57. The number of pyridine rings is 1. The van der Waals surface area contributed by atoms with Gasteiger partial charge in [-0.05, 0) is 36.8 Å². The quantitative estimate of drug-likeness (QED) is 0.700. The largest absolute Gasteiger partial charge is 0.397 e. The molecule has 3 rings (SSSR count). The van der Waals surface area contributed by atoms with E-state index in [2.05, 4.69) is 10.3 Å². The highest BCUT2D eigenvalue weighted by molar-refractivity contribution is 6.06. The Morgan fingerprint density at radius 2 is 2.15 bits per heavy atom. The summed E-state index contributed by atoms with van der Waals surface area (Å²) in [6.45, 7) is 1.95. The van der Waals surface area contributed by atoms with E-state index in [1.807, 2.05) is 23.5 Å². The lowest BCUT2D eigenvalue weighted by atomic mass is 10.2. The number of benzene rings is 1. The van der Waals surface area contributed by atoms with Crippen LogP contribution in [0.15, 0.2) is 49.1 Å². The number of imidazole rings is 1. The number of carbonyl (C=O) groups excluding carboxylic acids is 1. The van der Waals surface area contributed by atoms with Crippen molar-refractivity contribution >= 4 is 22.8 Å². The van der Waals surface area contributed by atoms with E-state index in [-0.39, 0.29) is 5.91 Å². The summed E-state index contributed by atoms with van der Waals surface area (Å²) < 4.78 is 1.84. The number of fused-ring (bicyclic) bond motifs is 1. The van der Waals surface area contributed by atoms with E-state index in [1.54, 1.807) is 36.9 Å². The Balaban J connectivity index is 1.88. The molecule has 100 valence electrons. The molecule has 1 amide bonds. The molecule has 3 N–H and O–H groups in total. The van der Waals surface area contributed by atoms with Crippen molar-refractivity contribution in [3.05, 3.63) is 60.2 Å². The standard InChI is InChI=1S/C15H14N4O/c1-10-2-3-14(13(16)6-10)18-15(20)11-4-5-19-9-17-8-12(19)7-11/h2-9H,16H2,1H3,(H,18,20). The summed E-state index contributed by atoms with van der Waals surface area (Å²) in [5.74, 6) is -0.191. The zero-order valence-corrected chi connectivity index (χ0v) is 11.0. The van der Waals surface area contributed by atoms with Crippen LogP contribution in [0.2, 0.25) is 0 Å². The highest BCUT2D eigenvalue weighted by Gasteiger charge is 2.09. The average Bonchev–Trinajstić information content (AvgIpc) is 2.89. The third-order valence-electron chi connectivity index (χ3n) is 3.13. The zero-order valence-electron chi connectivity index (χ0n) is 11.0. The molecule has 0 atom stereocenters. The molecular formula is C15H14N4O. The fourth-order valence-corrected chi connectivity index (χ4v) is 2.05. The van der Waals surface area contributed by atoms with Gasteiger partial charge in [-0.25, -0.2) is 4.98 Å². The Morgan fingerprint density at radius 3 is 2.95 bits per heavy atom. The van der Waals surface area contributed by atoms with Crippen LogP contribution in [0, 0.1) is 6.92 Å². The van der Waals surface area contributed by atoms with Crippen molar-refractivity contribution in [1.29, 1.82) is 0 Å². The van der Waals surface area contributed by atoms with Crippen LogP contribution >= 0.6 is 0 Å². The van der Waals surface area contributed by atoms with Crippen molar-refractivity contribution in [3.8, 4) is 0 Å². The molecule has 0 bridgehead atoms. The van der Waals surface area contributed by atoms with Gasteiger partial charge in [0.05, 0.1) is 29.4 Å². The molecule has 5 heteroatoms. The molecular weight excluding hydrogens is 252 g/mol. The van der Waals surface area contributed by atoms with Gasteiger partial charge in [0.1, 0.15) is 0 Å². The van der Waals surface area contributed by atoms with E-state index < -0.39 is 0 Å². The lowest BCUT2D eigenvalue weighted by molar-refractivity contribution is 0.102. The topological polar surface area (TPSA) is 72.4 Å². The second-order valence-electron chi connectivity index (χ2n) is 4.69. The average molecular weight is 266 g/mol. The lowest BCUT2D eigenvalue weighted by Crippen LogP contribution is -2.13. The highest BCUT2D eigenvalue weighted by Crippen LogP contribution is 2.20. The summed E-state index contributed by atoms with van der Waals surface area (Å²) in [7, 11) is 0. The number of nitrogens with zero attached hydrogens (tertiary/aromatic N) is 2. The number of nitrogens with one attached hydrogen (secondary N) is 1. The van der Waals surface area contributed by atoms with Crippen molar-refractivity contribution in [2.45, 2.75) is 6.92 Å². The Kier molecular flexibility index (Phi) is 2.87. The molecule has 0 aliphatic rings. The number of rotatable bonds is 2. The monoisotopic (exact) mass is 266 g/mol. The van der Waals surface area contributed by atoms with Gasteiger partial charge in [0.2, 0.25) is 0 Å². The smallest absolute Gasteiger partial charge is 0.255 e. The first-order valence-corrected chi connectivity index (χ1v) is 6.23. The Bertz CT molecular complexity index is 791. The van der Waals surface area contributed by atoms with Gasteiger partial charge < -0.3 is 15.5 Å². The van der Waals surface area contributed by atoms with Crippen molar-refractivity contribution in [1.82, 2.24) is 9.38 Å². The number of carbonyl (C=O) groups is 1. The van der Waals surface area contributed by atoms with Gasteiger partial charge >= 0.3 is 0 Å². The number of anilines is 2. The minimum Gasteiger partial charge on any atom is -0.397 e. The van der Waals surface area contributed by atoms with Crippen LogP contribution in [0.1, 0.15) is 15.9 Å². The van der Waals surface area contributed by atoms with Gasteiger partial charge in [-0.1, -0.05) is 6.07 Å². The molecule has 0 aliphatic carbocycles. The summed E-state index contributed by atoms with van der Waals surface area (Å²) >= 11 is 0. The molecule has 0 radical (unpaired) electrons. The molecule has 0 unspecified atom stereocenters. The first-order valence-electron chi connectivity index (χ1n) is 6.23. The lowest BCUT2D eigenvalue weighted by Gasteiger charge is -2.09. The van der Waals surface area contributed by atoms with E-state index in [1.165, 1.54) is 0 Å². The van der Waals surface area contributed by atoms with E-state index >= 15 is 0 Å². The Hall–Kier alpha value is -2.82. The van der Waals surface area contributed by atoms with Gasteiger partial charge in [-0.3, -0.25) is 4.79 Å². The van der Waals surface area contributed by atoms with Crippen LogP contribution in [0.3, 0.4) is 0 Å². The van der Waals surface area contributed by atoms with Crippen LogP contribution in [-0.4, -0.2) is 15.3 Å². The van der Waals surface area contributed by atoms with E-state index in [0.717, 1.165) is 11.1 Å². The van der Waals surface area contributed by atoms with E-state index in [4.69, 9.17) is 5.73 Å². The van der Waals surface area contributed by atoms with Gasteiger partial charge in [-0.2, -0.15) is 0 Å². The number of hydrogen-bond donors (Lipinski definition) is 2. The summed E-state index contributed by atoms with van der Waals surface area (Å²) in [6, 6.07) is 9.07. The number of hydrogen-bond acceptors (Lipinski definition) is 3. The molecule has 0 fully saturated rings. The van der Waals surface area contributed by atoms with Crippen LogP contribution in [0.25, 0.3) is 5.52 Å². The predicted octanol–water partition coefficient (Wildman–Crippen LogP) is 2.48. The molecule has 5 nitrogen and oxygen atoms in total. The normalized spacial score (nSPS) is 10.7. The maximum atomic E-state index is 12.2. The SMILES string of the molecule is Cc1ccc(NC(=O)c2ccn3cncc3c2)c(N)c1. The number of nitrogen functional groups attached to an aromatic ring is 1. The molecule has 0 aliphatic heterocycles. The number of amides is 1. The maximum absolute atomic E-state index is 12.2. The second kappa shape index (κ2) is 4.70. The van der Waals surface area contributed by atoms with Gasteiger partial charge in [0, 0.05) is 11.8 Å². The summed E-state index contributed by atoms with van der Waals surface area (Å²) in [4.78, 5) is 16.2. The first kappa shape index (κ1) is 12.2. The van der Waals surface area contributed by atoms with Crippen LogP contribution in [0.4, 0.5) is 11.4 Å². The minimum absolute atomic E-state index is 0.191. The molecule has 0 saturated carbocycles. The molecule has 2 aromatic heterocycles. The minimum atomic E-state index is -0.191. The van der Waals surface area contributed by atoms with Gasteiger partial charge in [0.25, 0.3) is 5.91 Å². The summed E-state index contributed by atoms with van der Waals surface area (Å²) in [5, 5.41) is 2.82. The molecule has 20 heavy (non-hydrogen) atoms. The van der Waals surface area contributed by atoms with E-state index in [9.17, 15) is 4.79 Å². The van der Waals surface area contributed by atoms with Crippen molar-refractivity contribution < 1.29 is 4.79 Å². The second-order valence-corrected chi connectivity index (χ2v) is 4.69. The van der Waals surface area contributed by atoms with Crippen molar-refractivity contribution in [2.24, 2.45) is 0 Å². The molecule has 1 aromatic carbocycles. The third kappa shape index (κ3) is 2.21. The van der Waals surface area contributed by atoms with Crippen LogP contribution in [-0.2, 0) is 0 Å².